The Bertz CT molecular complexity index is 1180. The topological polar surface area (TPSA) is 63.2 Å². The minimum atomic E-state index is -2.78. The minimum Gasteiger partial charge on any atom is -0.405 e. The molecule has 3 saturated heterocycles. The Kier molecular flexibility index (Phi) is 6.33. The average molecular weight is 535 g/mol. The molecule has 0 radical (unpaired) electrons. The van der Waals surface area contributed by atoms with E-state index in [1.54, 1.807) is 6.08 Å². The van der Waals surface area contributed by atoms with E-state index >= 15 is 0 Å². The van der Waals surface area contributed by atoms with E-state index in [1.807, 2.05) is 26.0 Å². The number of ether oxygens (including phenoxy) is 4. The number of hydrogen-bond donors (Lipinski definition) is 0. The summed E-state index contributed by atoms with van der Waals surface area (Å²) in [7, 11) is -2.78. The Morgan fingerprint density at radius 2 is 1.61 bits per heavy atom. The van der Waals surface area contributed by atoms with Gasteiger partial charge in [-0.1, -0.05) is 81.4 Å². The summed E-state index contributed by atoms with van der Waals surface area (Å²) in [6, 6.07) is 21.2. The van der Waals surface area contributed by atoms with Crippen molar-refractivity contribution in [1.82, 2.24) is 0 Å². The van der Waals surface area contributed by atoms with Crippen molar-refractivity contribution in [3.63, 3.8) is 0 Å². The molecule has 38 heavy (non-hydrogen) atoms. The lowest BCUT2D eigenvalue weighted by atomic mass is 9.78. The average Bonchev–Trinajstić information content (AvgIpc) is 3.48. The fourth-order valence-electron chi connectivity index (χ4n) is 6.97. The van der Waals surface area contributed by atoms with E-state index in [2.05, 4.69) is 69.3 Å². The van der Waals surface area contributed by atoms with Gasteiger partial charge in [0, 0.05) is 6.42 Å². The quantitative estimate of drug-likeness (QED) is 0.538. The number of fused-ring (bicyclic) bond motifs is 3. The van der Waals surface area contributed by atoms with E-state index in [-0.39, 0.29) is 22.8 Å². The molecule has 2 aromatic carbocycles. The standard InChI is InChI=1S/C31H38O6Si/c1-29(2,3)38(24-12-8-6-9-13-24,25-14-10-7-11-15-25)34-20-26-31(27-28(35-26)37-30(4,5)36-27)18-21-16-23(32)17-22(21)19-33-31/h6-15,17,21,26-28H,16,18-20H2,1-5H3/t21-,26-,27-,28+,31-/m1/s1. The Morgan fingerprint density at radius 1 is 0.974 bits per heavy atom. The molecule has 5 atom stereocenters. The maximum absolute atomic E-state index is 12.3. The van der Waals surface area contributed by atoms with Gasteiger partial charge in [-0.3, -0.25) is 4.79 Å². The molecule has 4 aliphatic rings. The Hall–Kier alpha value is -2.13. The first kappa shape index (κ1) is 26.1. The molecule has 202 valence electrons. The zero-order chi connectivity index (χ0) is 26.8. The van der Waals surface area contributed by atoms with Gasteiger partial charge in [0.2, 0.25) is 0 Å². The van der Waals surface area contributed by atoms with Crippen molar-refractivity contribution in [2.75, 3.05) is 13.2 Å². The fourth-order valence-corrected chi connectivity index (χ4v) is 11.5. The van der Waals surface area contributed by atoms with Crippen LogP contribution in [-0.4, -0.2) is 57.2 Å². The van der Waals surface area contributed by atoms with Crippen LogP contribution >= 0.6 is 0 Å². The van der Waals surface area contributed by atoms with Gasteiger partial charge >= 0.3 is 0 Å². The molecule has 6 rings (SSSR count). The van der Waals surface area contributed by atoms with Crippen molar-refractivity contribution < 1.29 is 28.2 Å². The first-order valence-corrected chi connectivity index (χ1v) is 15.6. The lowest BCUT2D eigenvalue weighted by molar-refractivity contribution is -0.245. The molecule has 3 fully saturated rings. The van der Waals surface area contributed by atoms with Crippen molar-refractivity contribution in [2.24, 2.45) is 5.92 Å². The van der Waals surface area contributed by atoms with Gasteiger partial charge in [0.15, 0.2) is 17.9 Å². The molecular formula is C31H38O6Si. The molecule has 0 N–H and O–H groups in total. The second-order valence-electron chi connectivity index (χ2n) is 12.6. The fraction of sp³-hybridized carbons (Fsp3) is 0.516. The number of carbonyl (C=O) groups is 1. The summed E-state index contributed by atoms with van der Waals surface area (Å²) in [5.41, 5.74) is 0.324. The molecule has 3 heterocycles. The van der Waals surface area contributed by atoms with E-state index in [9.17, 15) is 4.79 Å². The first-order valence-electron chi connectivity index (χ1n) is 13.7. The third-order valence-corrected chi connectivity index (χ3v) is 13.6. The van der Waals surface area contributed by atoms with E-state index in [0.29, 0.717) is 26.1 Å². The Balaban J connectivity index is 1.38. The van der Waals surface area contributed by atoms with Crippen LogP contribution in [0.25, 0.3) is 0 Å². The predicted octanol–water partition coefficient (Wildman–Crippen LogP) is 4.11. The SMILES string of the molecule is CC1(C)O[C@@H]2O[C@H](CO[Si](c3ccccc3)(c3ccccc3)C(C)(C)C)[C@]3(C[C@H]4CC(=O)C=C4CO3)[C@@H]2O1. The van der Waals surface area contributed by atoms with Crippen LogP contribution in [0.15, 0.2) is 72.3 Å². The normalized spacial score (nSPS) is 32.3. The molecule has 1 spiro atoms. The first-order chi connectivity index (χ1) is 18.0. The lowest BCUT2D eigenvalue weighted by Crippen LogP contribution is -2.68. The number of allylic oxidation sites excluding steroid dienone is 1. The maximum atomic E-state index is 12.3. The summed E-state index contributed by atoms with van der Waals surface area (Å²) < 4.78 is 33.1. The van der Waals surface area contributed by atoms with Gasteiger partial charge in [-0.05, 0) is 53.2 Å². The van der Waals surface area contributed by atoms with Crippen molar-refractivity contribution in [2.45, 2.75) is 82.4 Å². The van der Waals surface area contributed by atoms with Gasteiger partial charge in [0.25, 0.3) is 8.32 Å². The van der Waals surface area contributed by atoms with Gasteiger partial charge in [-0.15, -0.1) is 0 Å². The molecule has 2 aromatic rings. The molecule has 0 unspecified atom stereocenters. The van der Waals surface area contributed by atoms with E-state index in [0.717, 1.165) is 5.57 Å². The Morgan fingerprint density at radius 3 is 2.21 bits per heavy atom. The highest BCUT2D eigenvalue weighted by Crippen LogP contribution is 2.52. The van der Waals surface area contributed by atoms with Crippen LogP contribution in [0.1, 0.15) is 47.5 Å². The van der Waals surface area contributed by atoms with Crippen LogP contribution in [0.2, 0.25) is 5.04 Å². The maximum Gasteiger partial charge on any atom is 0.261 e. The van der Waals surface area contributed by atoms with Gasteiger partial charge in [0.05, 0.1) is 13.2 Å². The molecule has 3 aliphatic heterocycles. The molecule has 1 aliphatic carbocycles. The van der Waals surface area contributed by atoms with E-state index in [4.69, 9.17) is 23.4 Å². The minimum absolute atomic E-state index is 0.140. The van der Waals surface area contributed by atoms with Crippen LogP contribution in [-0.2, 0) is 28.2 Å². The summed E-state index contributed by atoms with van der Waals surface area (Å²) >= 11 is 0. The van der Waals surface area contributed by atoms with E-state index < -0.39 is 32.1 Å². The highest BCUT2D eigenvalue weighted by atomic mass is 28.4. The third kappa shape index (κ3) is 4.15. The largest absolute Gasteiger partial charge is 0.405 e. The van der Waals surface area contributed by atoms with Crippen LogP contribution in [0.3, 0.4) is 0 Å². The summed E-state index contributed by atoms with van der Waals surface area (Å²) in [6.07, 6.45) is 1.61. The molecule has 0 saturated carbocycles. The summed E-state index contributed by atoms with van der Waals surface area (Å²) in [6.45, 7) is 11.4. The highest BCUT2D eigenvalue weighted by molar-refractivity contribution is 6.99. The number of benzene rings is 2. The smallest absolute Gasteiger partial charge is 0.261 e. The summed E-state index contributed by atoms with van der Waals surface area (Å²) in [4.78, 5) is 12.3. The highest BCUT2D eigenvalue weighted by Gasteiger charge is 2.67. The molecule has 0 aromatic heterocycles. The number of hydrogen-bond acceptors (Lipinski definition) is 6. The zero-order valence-corrected chi connectivity index (χ0v) is 23.9. The van der Waals surface area contributed by atoms with Gasteiger partial charge in [-0.2, -0.15) is 0 Å². The summed E-state index contributed by atoms with van der Waals surface area (Å²) in [5.74, 6) is -0.455. The summed E-state index contributed by atoms with van der Waals surface area (Å²) in [5, 5.41) is 2.28. The number of ketones is 1. The molecule has 6 nitrogen and oxygen atoms in total. The van der Waals surface area contributed by atoms with Crippen molar-refractivity contribution in [1.29, 1.82) is 0 Å². The monoisotopic (exact) mass is 534 g/mol. The van der Waals surface area contributed by atoms with Crippen LogP contribution < -0.4 is 10.4 Å². The zero-order valence-electron chi connectivity index (χ0n) is 22.9. The van der Waals surface area contributed by atoms with Gasteiger partial charge in [0.1, 0.15) is 17.8 Å². The Labute approximate surface area is 226 Å². The molecule has 7 heteroatoms. The number of rotatable bonds is 5. The van der Waals surface area contributed by atoms with Crippen LogP contribution in [0, 0.1) is 5.92 Å². The van der Waals surface area contributed by atoms with Gasteiger partial charge in [-0.25, -0.2) is 0 Å². The van der Waals surface area contributed by atoms with Crippen molar-refractivity contribution >= 4 is 24.5 Å². The van der Waals surface area contributed by atoms with Crippen molar-refractivity contribution in [3.8, 4) is 0 Å². The molecule has 0 bridgehead atoms. The van der Waals surface area contributed by atoms with Crippen molar-refractivity contribution in [3.05, 3.63) is 72.3 Å². The van der Waals surface area contributed by atoms with E-state index in [1.165, 1.54) is 10.4 Å². The van der Waals surface area contributed by atoms with Crippen LogP contribution in [0.4, 0.5) is 0 Å². The second-order valence-corrected chi connectivity index (χ2v) is 16.9. The van der Waals surface area contributed by atoms with Gasteiger partial charge < -0.3 is 23.4 Å². The van der Waals surface area contributed by atoms with Crippen LogP contribution in [0.5, 0.6) is 0 Å². The molecule has 0 amide bonds. The lowest BCUT2D eigenvalue weighted by Gasteiger charge is -2.46. The second kappa shape index (κ2) is 9.22. The molecular weight excluding hydrogens is 496 g/mol. The number of carbonyl (C=O) groups excluding carboxylic acids is 1. The third-order valence-electron chi connectivity index (χ3n) is 8.64. The predicted molar refractivity (Wildman–Crippen MR) is 147 cm³/mol.